The Bertz CT molecular complexity index is 1370. The lowest BCUT2D eigenvalue weighted by Crippen LogP contribution is -2.55. The number of halogens is 4. The number of carbonyl (C=O) groups excluding carboxylic acids is 1. The van der Waals surface area contributed by atoms with E-state index in [0.29, 0.717) is 21.2 Å². The molecule has 3 aromatic carbocycles. The zero-order valence-corrected chi connectivity index (χ0v) is 21.0. The Morgan fingerprint density at radius 1 is 1.00 bits per heavy atom. The van der Waals surface area contributed by atoms with E-state index < -0.39 is 28.1 Å². The van der Waals surface area contributed by atoms with Gasteiger partial charge in [0.05, 0.1) is 21.1 Å². The Morgan fingerprint density at radius 3 is 2.44 bits per heavy atom. The minimum Gasteiger partial charge on any atom is -0.298 e. The van der Waals surface area contributed by atoms with Crippen LogP contribution >= 0.6 is 34.8 Å². The molecule has 1 heterocycles. The normalized spacial score (nSPS) is 20.3. The second-order valence-electron chi connectivity index (χ2n) is 8.09. The molecule has 10 heteroatoms. The molecular weight excluding hydrogens is 522 g/mol. The van der Waals surface area contributed by atoms with E-state index in [4.69, 9.17) is 34.8 Å². The first-order valence-electron chi connectivity index (χ1n) is 10.3. The van der Waals surface area contributed by atoms with Crippen LogP contribution in [0.5, 0.6) is 0 Å². The van der Waals surface area contributed by atoms with Crippen LogP contribution in [-0.2, 0) is 21.4 Å². The predicted octanol–water partition coefficient (Wildman–Crippen LogP) is 5.84. The van der Waals surface area contributed by atoms with E-state index in [1.165, 1.54) is 25.2 Å². The van der Waals surface area contributed by atoms with Crippen LogP contribution in [0.1, 0.15) is 23.6 Å². The van der Waals surface area contributed by atoms with Gasteiger partial charge in [-0.15, -0.1) is 0 Å². The number of Topliss-reactive ketones (excluding diaryl/α,β-unsaturated/α-hetero) is 1. The number of rotatable bonds is 5. The van der Waals surface area contributed by atoms with E-state index in [0.717, 1.165) is 15.4 Å². The third kappa shape index (κ3) is 5.30. The van der Waals surface area contributed by atoms with Crippen molar-refractivity contribution in [2.75, 3.05) is 7.05 Å². The highest BCUT2D eigenvalue weighted by Gasteiger charge is 2.40. The molecule has 34 heavy (non-hydrogen) atoms. The van der Waals surface area contributed by atoms with Crippen LogP contribution in [0, 0.1) is 5.82 Å². The molecule has 0 spiro atoms. The van der Waals surface area contributed by atoms with Crippen LogP contribution in [0.25, 0.3) is 11.1 Å². The number of ketones is 1. The van der Waals surface area contributed by atoms with Crippen molar-refractivity contribution in [2.45, 2.75) is 24.9 Å². The zero-order valence-electron chi connectivity index (χ0n) is 17.9. The maximum Gasteiger partial charge on any atom is 0.280 e. The first kappa shape index (κ1) is 25.1. The number of nitrogens with zero attached hydrogens (tertiary/aromatic N) is 1. The summed E-state index contributed by atoms with van der Waals surface area (Å²) in [7, 11) is -2.55. The molecule has 1 fully saturated rings. The summed E-state index contributed by atoms with van der Waals surface area (Å²) in [5.41, 5.74) is 2.88. The average Bonchev–Trinajstić information content (AvgIpc) is 2.79. The lowest BCUT2D eigenvalue weighted by molar-refractivity contribution is -0.122. The van der Waals surface area contributed by atoms with Gasteiger partial charge in [0.25, 0.3) is 10.2 Å². The summed E-state index contributed by atoms with van der Waals surface area (Å²) in [6.45, 7) is 0. The summed E-state index contributed by atoms with van der Waals surface area (Å²) >= 11 is 18.0. The first-order chi connectivity index (χ1) is 16.0. The Hall–Kier alpha value is -2.00. The van der Waals surface area contributed by atoms with Gasteiger partial charge in [0.15, 0.2) is 5.78 Å². The molecule has 3 aromatic rings. The third-order valence-corrected chi connectivity index (χ3v) is 8.47. The van der Waals surface area contributed by atoms with Gasteiger partial charge in [0.1, 0.15) is 5.82 Å². The number of benzene rings is 3. The fourth-order valence-electron chi connectivity index (χ4n) is 3.97. The molecule has 0 aromatic heterocycles. The zero-order chi connectivity index (χ0) is 24.6. The molecular formula is C24H20Cl3FN2O3S. The first-order valence-corrected chi connectivity index (χ1v) is 12.9. The number of carbonyl (C=O) groups is 1. The van der Waals surface area contributed by atoms with Crippen LogP contribution in [0.15, 0.2) is 60.7 Å². The molecule has 5 nitrogen and oxygen atoms in total. The monoisotopic (exact) mass is 540 g/mol. The highest BCUT2D eigenvalue weighted by atomic mass is 35.5. The van der Waals surface area contributed by atoms with Gasteiger partial charge < -0.3 is 0 Å². The van der Waals surface area contributed by atoms with Crippen molar-refractivity contribution in [1.82, 2.24) is 9.03 Å². The molecule has 1 aliphatic rings. The minimum atomic E-state index is -3.91. The number of likely N-dealkylation sites (N-methyl/N-ethyl adjacent to an activating group) is 1. The maximum atomic E-state index is 13.5. The van der Waals surface area contributed by atoms with Crippen molar-refractivity contribution < 1.29 is 17.6 Å². The van der Waals surface area contributed by atoms with Gasteiger partial charge in [0, 0.05) is 19.5 Å². The predicted molar refractivity (Wildman–Crippen MR) is 133 cm³/mol. The summed E-state index contributed by atoms with van der Waals surface area (Å²) in [5, 5.41) is 0.762. The molecule has 0 bridgehead atoms. The third-order valence-electron chi connectivity index (χ3n) is 5.84. The van der Waals surface area contributed by atoms with E-state index in [9.17, 15) is 17.6 Å². The molecule has 0 saturated carbocycles. The van der Waals surface area contributed by atoms with Gasteiger partial charge in [-0.2, -0.15) is 17.4 Å². The Labute approximate surface area is 212 Å². The van der Waals surface area contributed by atoms with E-state index in [2.05, 4.69) is 4.72 Å². The smallest absolute Gasteiger partial charge is 0.280 e. The van der Waals surface area contributed by atoms with Crippen LogP contribution < -0.4 is 4.72 Å². The second kappa shape index (κ2) is 9.93. The van der Waals surface area contributed by atoms with Gasteiger partial charge >= 0.3 is 0 Å². The number of hydrogen-bond donors (Lipinski definition) is 1. The van der Waals surface area contributed by atoms with Crippen molar-refractivity contribution in [2.24, 2.45) is 0 Å². The number of hydrogen-bond acceptors (Lipinski definition) is 3. The Kier molecular flexibility index (Phi) is 7.33. The molecule has 0 aliphatic carbocycles. The molecule has 2 atom stereocenters. The highest BCUT2D eigenvalue weighted by molar-refractivity contribution is 7.87. The van der Waals surface area contributed by atoms with Gasteiger partial charge in [-0.1, -0.05) is 65.1 Å². The van der Waals surface area contributed by atoms with Crippen LogP contribution in [-0.4, -0.2) is 31.6 Å². The maximum absolute atomic E-state index is 13.5. The van der Waals surface area contributed by atoms with Gasteiger partial charge in [-0.25, -0.2) is 4.39 Å². The van der Waals surface area contributed by atoms with E-state index >= 15 is 0 Å². The molecule has 4 rings (SSSR count). The van der Waals surface area contributed by atoms with Crippen LogP contribution in [0.2, 0.25) is 15.1 Å². The highest BCUT2D eigenvalue weighted by Crippen LogP contribution is 2.33. The van der Waals surface area contributed by atoms with Gasteiger partial charge in [0.2, 0.25) is 0 Å². The standard InChI is InChI=1S/C24H20Cl3FN2O3S/c1-30-23(24(31)10-14-5-8-21(28)20(27)9-14)13-22(29-34(30,32)33)17-4-2-3-15(11-17)16-6-7-18(25)19(26)12-16/h2-9,11-12,22-23,29H,10,13H2,1H3/t22-,23+/m0/s1. The second-order valence-corrected chi connectivity index (χ2v) is 11.1. The van der Waals surface area contributed by atoms with Crippen molar-refractivity contribution in [3.05, 3.63) is 92.7 Å². The molecule has 178 valence electrons. The van der Waals surface area contributed by atoms with Crippen molar-refractivity contribution in [3.8, 4) is 11.1 Å². The van der Waals surface area contributed by atoms with E-state index in [-0.39, 0.29) is 23.6 Å². The molecule has 0 radical (unpaired) electrons. The quantitative estimate of drug-likeness (QED) is 0.441. The van der Waals surface area contributed by atoms with Gasteiger partial charge in [-0.3, -0.25) is 4.79 Å². The largest absolute Gasteiger partial charge is 0.298 e. The molecule has 1 saturated heterocycles. The van der Waals surface area contributed by atoms with E-state index in [1.807, 2.05) is 24.3 Å². The summed E-state index contributed by atoms with van der Waals surface area (Å²) in [6.07, 6.45) is 0.162. The summed E-state index contributed by atoms with van der Waals surface area (Å²) in [5.74, 6) is -0.887. The van der Waals surface area contributed by atoms with Crippen molar-refractivity contribution in [1.29, 1.82) is 0 Å². The lowest BCUT2D eigenvalue weighted by atomic mass is 9.93. The van der Waals surface area contributed by atoms with Crippen LogP contribution in [0.4, 0.5) is 4.39 Å². The SMILES string of the molecule is CN1[C@@H](C(=O)Cc2ccc(F)c(Cl)c2)C[C@@H](c2cccc(-c3ccc(Cl)c(Cl)c3)c2)NS1(=O)=O. The topological polar surface area (TPSA) is 66.5 Å². The Morgan fingerprint density at radius 2 is 1.74 bits per heavy atom. The van der Waals surface area contributed by atoms with Crippen LogP contribution in [0.3, 0.4) is 0 Å². The van der Waals surface area contributed by atoms with Crippen molar-refractivity contribution >= 4 is 50.8 Å². The number of nitrogens with one attached hydrogen (secondary N) is 1. The Balaban J connectivity index is 1.61. The molecule has 1 aliphatic heterocycles. The fourth-order valence-corrected chi connectivity index (χ4v) is 5.77. The van der Waals surface area contributed by atoms with E-state index in [1.54, 1.807) is 18.2 Å². The fraction of sp³-hybridized carbons (Fsp3) is 0.208. The van der Waals surface area contributed by atoms with Gasteiger partial charge in [-0.05, 0) is 59.0 Å². The molecule has 0 amide bonds. The van der Waals surface area contributed by atoms with Crippen molar-refractivity contribution in [3.63, 3.8) is 0 Å². The summed E-state index contributed by atoms with van der Waals surface area (Å²) < 4.78 is 42.8. The molecule has 1 N–H and O–H groups in total. The lowest BCUT2D eigenvalue weighted by Gasteiger charge is -2.36. The minimum absolute atomic E-state index is 0.0689. The summed E-state index contributed by atoms with van der Waals surface area (Å²) in [4.78, 5) is 13.1. The summed E-state index contributed by atoms with van der Waals surface area (Å²) in [6, 6.07) is 15.1. The molecule has 0 unspecified atom stereocenters. The average molecular weight is 542 g/mol.